The van der Waals surface area contributed by atoms with Crippen LogP contribution >= 0.6 is 0 Å². The Labute approximate surface area is 117 Å². The van der Waals surface area contributed by atoms with Crippen molar-refractivity contribution in [2.75, 3.05) is 25.0 Å². The van der Waals surface area contributed by atoms with E-state index in [1.165, 1.54) is 0 Å². The number of nitrogens with zero attached hydrogens (tertiary/aromatic N) is 1. The number of hydrogen-bond donors (Lipinski definition) is 3. The lowest BCUT2D eigenvalue weighted by Gasteiger charge is -2.38. The first-order chi connectivity index (χ1) is 9.67. The average molecular weight is 277 g/mol. The number of hydrogen-bond acceptors (Lipinski definition) is 4. The van der Waals surface area contributed by atoms with E-state index in [-0.39, 0.29) is 17.7 Å². The monoisotopic (exact) mass is 277 g/mol. The van der Waals surface area contributed by atoms with Gasteiger partial charge in [0.2, 0.25) is 11.8 Å². The van der Waals surface area contributed by atoms with E-state index in [1.807, 2.05) is 30.3 Å². The van der Waals surface area contributed by atoms with Crippen LogP contribution in [0.1, 0.15) is 12.8 Å². The maximum absolute atomic E-state index is 11.7. The lowest BCUT2D eigenvalue weighted by molar-refractivity contribution is -0.131. The first-order valence-electron chi connectivity index (χ1n) is 6.67. The summed E-state index contributed by atoms with van der Waals surface area (Å²) in [6.45, 7) is 2.29. The summed E-state index contributed by atoms with van der Waals surface area (Å²) < 4.78 is 0. The molecular formula is C14H19N3O3. The average Bonchev–Trinajstić information content (AvgIpc) is 2.42. The molecule has 0 radical (unpaired) electrons. The Bertz CT molecular complexity index is 458. The van der Waals surface area contributed by atoms with Crippen molar-refractivity contribution in [1.29, 1.82) is 0 Å². The van der Waals surface area contributed by atoms with Gasteiger partial charge in [-0.05, 0) is 18.1 Å². The van der Waals surface area contributed by atoms with E-state index in [0.29, 0.717) is 19.4 Å². The van der Waals surface area contributed by atoms with Gasteiger partial charge in [0.15, 0.2) is 0 Å². The Morgan fingerprint density at radius 1 is 1.20 bits per heavy atom. The zero-order chi connectivity index (χ0) is 14.4. The maximum Gasteiger partial charge on any atom is 0.243 e. The molecule has 0 bridgehead atoms. The van der Waals surface area contributed by atoms with Crippen LogP contribution in [0.15, 0.2) is 30.3 Å². The van der Waals surface area contributed by atoms with Crippen LogP contribution in [-0.4, -0.2) is 41.6 Å². The first kappa shape index (κ1) is 14.5. The SMILES string of the molecule is O=C(CC1CN(CCC(=O)Nc2ccccc2)C1)NO. The summed E-state index contributed by atoms with van der Waals surface area (Å²) in [5.74, 6) is -0.0800. The Morgan fingerprint density at radius 3 is 2.55 bits per heavy atom. The number of carbonyl (C=O) groups is 2. The minimum absolute atomic E-state index is 0.00671. The van der Waals surface area contributed by atoms with Crippen molar-refractivity contribution < 1.29 is 14.8 Å². The van der Waals surface area contributed by atoms with Crippen LogP contribution in [0.3, 0.4) is 0 Å². The molecule has 0 spiro atoms. The van der Waals surface area contributed by atoms with Gasteiger partial charge in [-0.2, -0.15) is 0 Å². The van der Waals surface area contributed by atoms with Crippen molar-refractivity contribution in [2.24, 2.45) is 5.92 Å². The molecular weight excluding hydrogens is 258 g/mol. The number of carbonyl (C=O) groups excluding carboxylic acids is 2. The quantitative estimate of drug-likeness (QED) is 0.531. The number of nitrogens with one attached hydrogen (secondary N) is 2. The summed E-state index contributed by atoms with van der Waals surface area (Å²) in [7, 11) is 0. The van der Waals surface area contributed by atoms with Gasteiger partial charge in [0.25, 0.3) is 0 Å². The van der Waals surface area contributed by atoms with Gasteiger partial charge in [-0.25, -0.2) is 5.48 Å². The molecule has 6 heteroatoms. The number of likely N-dealkylation sites (tertiary alicyclic amines) is 1. The number of benzene rings is 1. The van der Waals surface area contributed by atoms with E-state index >= 15 is 0 Å². The van der Waals surface area contributed by atoms with Crippen molar-refractivity contribution in [1.82, 2.24) is 10.4 Å². The van der Waals surface area contributed by atoms with Gasteiger partial charge in [-0.3, -0.25) is 14.8 Å². The van der Waals surface area contributed by atoms with Crippen LogP contribution in [-0.2, 0) is 9.59 Å². The molecule has 20 heavy (non-hydrogen) atoms. The number of rotatable bonds is 6. The van der Waals surface area contributed by atoms with E-state index in [2.05, 4.69) is 10.2 Å². The molecule has 2 rings (SSSR count). The molecule has 1 aliphatic rings. The molecule has 3 N–H and O–H groups in total. The van der Waals surface area contributed by atoms with Gasteiger partial charge in [-0.1, -0.05) is 18.2 Å². The lowest BCUT2D eigenvalue weighted by atomic mass is 9.96. The van der Waals surface area contributed by atoms with Crippen LogP contribution < -0.4 is 10.8 Å². The van der Waals surface area contributed by atoms with Crippen molar-refractivity contribution in [2.45, 2.75) is 12.8 Å². The fourth-order valence-corrected chi connectivity index (χ4v) is 2.30. The van der Waals surface area contributed by atoms with E-state index in [9.17, 15) is 9.59 Å². The van der Waals surface area contributed by atoms with Gasteiger partial charge < -0.3 is 10.2 Å². The number of hydroxylamine groups is 1. The Kier molecular flexibility index (Phi) is 5.09. The van der Waals surface area contributed by atoms with Crippen LogP contribution in [0.4, 0.5) is 5.69 Å². The third kappa shape index (κ3) is 4.32. The molecule has 0 saturated carbocycles. The summed E-state index contributed by atoms with van der Waals surface area (Å²) >= 11 is 0. The van der Waals surface area contributed by atoms with Crippen LogP contribution in [0, 0.1) is 5.92 Å². The first-order valence-corrected chi connectivity index (χ1v) is 6.67. The normalized spacial score (nSPS) is 15.4. The Morgan fingerprint density at radius 2 is 1.90 bits per heavy atom. The minimum atomic E-state index is -0.350. The highest BCUT2D eigenvalue weighted by Gasteiger charge is 2.28. The highest BCUT2D eigenvalue weighted by atomic mass is 16.5. The molecule has 0 atom stereocenters. The third-order valence-corrected chi connectivity index (χ3v) is 3.34. The highest BCUT2D eigenvalue weighted by molar-refractivity contribution is 5.90. The van der Waals surface area contributed by atoms with Crippen LogP contribution in [0.25, 0.3) is 0 Å². The topological polar surface area (TPSA) is 81.7 Å². The zero-order valence-corrected chi connectivity index (χ0v) is 11.2. The standard InChI is InChI=1S/C14H19N3O3/c18-13(15-12-4-2-1-3-5-12)6-7-17-9-11(10-17)8-14(19)16-20/h1-5,11,20H,6-10H2,(H,15,18)(H,16,19). The van der Waals surface area contributed by atoms with Gasteiger partial charge in [0, 0.05) is 38.2 Å². The molecule has 0 aliphatic carbocycles. The second kappa shape index (κ2) is 7.02. The van der Waals surface area contributed by atoms with E-state index < -0.39 is 0 Å². The van der Waals surface area contributed by atoms with Gasteiger partial charge in [0.1, 0.15) is 0 Å². The van der Waals surface area contributed by atoms with Crippen molar-refractivity contribution in [3.63, 3.8) is 0 Å². The van der Waals surface area contributed by atoms with E-state index in [1.54, 1.807) is 5.48 Å². The number of anilines is 1. The predicted octanol–water partition coefficient (Wildman–Crippen LogP) is 0.842. The largest absolute Gasteiger partial charge is 0.326 e. The summed E-state index contributed by atoms with van der Waals surface area (Å²) in [5.41, 5.74) is 2.44. The summed E-state index contributed by atoms with van der Waals surface area (Å²) in [5, 5.41) is 11.3. The smallest absolute Gasteiger partial charge is 0.243 e. The maximum atomic E-state index is 11.7. The summed E-state index contributed by atoms with van der Waals surface area (Å²) in [6, 6.07) is 9.36. The Balaban J connectivity index is 1.60. The third-order valence-electron chi connectivity index (χ3n) is 3.34. The van der Waals surface area contributed by atoms with Crippen molar-refractivity contribution >= 4 is 17.5 Å². The summed E-state index contributed by atoms with van der Waals surface area (Å²) in [4.78, 5) is 24.8. The minimum Gasteiger partial charge on any atom is -0.326 e. The van der Waals surface area contributed by atoms with Gasteiger partial charge in [0.05, 0.1) is 0 Å². The fourth-order valence-electron chi connectivity index (χ4n) is 2.30. The molecule has 2 amide bonds. The van der Waals surface area contributed by atoms with E-state index in [0.717, 1.165) is 18.8 Å². The zero-order valence-electron chi connectivity index (χ0n) is 11.2. The molecule has 0 aromatic heterocycles. The second-order valence-corrected chi connectivity index (χ2v) is 5.03. The fraction of sp³-hybridized carbons (Fsp3) is 0.429. The van der Waals surface area contributed by atoms with E-state index in [4.69, 9.17) is 5.21 Å². The molecule has 1 fully saturated rings. The second-order valence-electron chi connectivity index (χ2n) is 5.03. The highest BCUT2D eigenvalue weighted by Crippen LogP contribution is 2.19. The molecule has 108 valence electrons. The molecule has 6 nitrogen and oxygen atoms in total. The molecule has 1 heterocycles. The van der Waals surface area contributed by atoms with Crippen molar-refractivity contribution in [3.8, 4) is 0 Å². The molecule has 1 aromatic carbocycles. The Hall–Kier alpha value is -1.92. The van der Waals surface area contributed by atoms with Gasteiger partial charge >= 0.3 is 0 Å². The van der Waals surface area contributed by atoms with Crippen molar-refractivity contribution in [3.05, 3.63) is 30.3 Å². The molecule has 1 aromatic rings. The van der Waals surface area contributed by atoms with Crippen LogP contribution in [0.5, 0.6) is 0 Å². The molecule has 1 aliphatic heterocycles. The number of amides is 2. The van der Waals surface area contributed by atoms with Crippen LogP contribution in [0.2, 0.25) is 0 Å². The molecule has 1 saturated heterocycles. The van der Waals surface area contributed by atoms with Gasteiger partial charge in [-0.15, -0.1) is 0 Å². The number of para-hydroxylation sites is 1. The lowest BCUT2D eigenvalue weighted by Crippen LogP contribution is -2.49. The predicted molar refractivity (Wildman–Crippen MR) is 74.2 cm³/mol. The molecule has 0 unspecified atom stereocenters. The summed E-state index contributed by atoms with van der Waals surface area (Å²) in [6.07, 6.45) is 0.775.